The van der Waals surface area contributed by atoms with Crippen LogP contribution in [0.25, 0.3) is 0 Å². The van der Waals surface area contributed by atoms with Crippen molar-refractivity contribution in [3.05, 3.63) is 30.3 Å². The molecule has 0 saturated heterocycles. The van der Waals surface area contributed by atoms with Crippen molar-refractivity contribution in [1.82, 2.24) is 0 Å². The molecule has 2 nitrogen and oxygen atoms in total. The normalized spacial score (nSPS) is 9.73. The third-order valence-electron chi connectivity index (χ3n) is 0.977. The van der Waals surface area contributed by atoms with E-state index in [0.29, 0.717) is 5.75 Å². The number of hydrogen-bond acceptors (Lipinski definition) is 2. The molecule has 0 spiro atoms. The molecule has 0 heterocycles. The maximum atomic E-state index is 10.5. The summed E-state index contributed by atoms with van der Waals surface area (Å²) in [5.74, 6) is 0.658. The van der Waals surface area contributed by atoms with Crippen molar-refractivity contribution < 1.29 is 11.9 Å². The minimum Gasteiger partial charge on any atom is -1.00 e. The molecule has 0 fully saturated rings. The van der Waals surface area contributed by atoms with Crippen LogP contribution in [0.2, 0.25) is 0 Å². The fourth-order valence-electron chi connectivity index (χ4n) is 0.630. The number of benzene rings is 1. The van der Waals surface area contributed by atoms with Gasteiger partial charge in [-0.2, -0.15) is 0 Å². The summed E-state index contributed by atoms with van der Waals surface area (Å²) in [6.07, 6.45) is 0. The van der Waals surface area contributed by atoms with Gasteiger partial charge in [-0.25, -0.2) is 0 Å². The van der Waals surface area contributed by atoms with Crippen LogP contribution in [-0.4, -0.2) is 29.7 Å². The quantitative estimate of drug-likeness (QED) is 0.517. The van der Waals surface area contributed by atoms with E-state index in [1.807, 2.05) is 18.2 Å². The molecule has 0 aliphatic rings. The Bertz CT molecular complexity index is 233. The van der Waals surface area contributed by atoms with Crippen LogP contribution >= 0.6 is 8.03 Å². The average molecular weight is 181 g/mol. The molecule has 1 aromatic carbocycles. The molecule has 4 heteroatoms. The van der Waals surface area contributed by atoms with E-state index in [1.165, 1.54) is 6.66 Å². The Morgan fingerprint density at radius 1 is 1.36 bits per heavy atom. The molecule has 56 valence electrons. The number of hydrogen-bond donors (Lipinski definition) is 0. The molecule has 0 aromatic heterocycles. The van der Waals surface area contributed by atoms with Crippen molar-refractivity contribution in [3.8, 4) is 5.75 Å². The molecule has 1 aromatic rings. The summed E-state index contributed by atoms with van der Waals surface area (Å²) in [6.45, 7) is 1.53. The van der Waals surface area contributed by atoms with Crippen LogP contribution in [-0.2, 0) is 4.57 Å². The van der Waals surface area contributed by atoms with Gasteiger partial charge in [-0.15, -0.1) is 0 Å². The van der Waals surface area contributed by atoms with Gasteiger partial charge in [0.15, 0.2) is 12.4 Å². The van der Waals surface area contributed by atoms with Crippen molar-refractivity contribution >= 4 is 31.1 Å². The van der Waals surface area contributed by atoms with Crippen molar-refractivity contribution in [2.75, 3.05) is 6.66 Å². The molecule has 1 rings (SSSR count). The predicted molar refractivity (Wildman–Crippen MR) is 48.6 cm³/mol. The van der Waals surface area contributed by atoms with E-state index in [-0.39, 0.29) is 25.9 Å². The van der Waals surface area contributed by atoms with Gasteiger partial charge < -0.3 is 2.85 Å². The first-order chi connectivity index (χ1) is 4.79. The minimum atomic E-state index is -1.53. The third kappa shape index (κ3) is 4.35. The molecule has 0 N–H and O–H groups in total. The Hall–Kier alpha value is -0.114. The smallest absolute Gasteiger partial charge is 1.00 e. The Balaban J connectivity index is -0.000000333. The Kier molecular flexibility index (Phi) is 5.47. The first kappa shape index (κ1) is 10.9. The summed E-state index contributed by atoms with van der Waals surface area (Å²) in [7, 11) is -1.53. The molecular formula is C7H10MgO2P+. The second-order valence-corrected chi connectivity index (χ2v) is 2.91. The molecule has 0 bridgehead atoms. The summed E-state index contributed by atoms with van der Waals surface area (Å²) in [4.78, 5) is 0. The van der Waals surface area contributed by atoms with Crippen molar-refractivity contribution in [2.24, 2.45) is 0 Å². The molecule has 0 saturated carbocycles. The van der Waals surface area contributed by atoms with Gasteiger partial charge in [0, 0.05) is 0 Å². The van der Waals surface area contributed by atoms with Gasteiger partial charge >= 0.3 is 31.1 Å². The molecule has 0 aliphatic carbocycles. The van der Waals surface area contributed by atoms with Gasteiger partial charge in [0.25, 0.3) is 0 Å². The van der Waals surface area contributed by atoms with Gasteiger partial charge in [0.2, 0.25) is 0 Å². The number of para-hydroxylation sites is 1. The van der Waals surface area contributed by atoms with Crippen molar-refractivity contribution in [3.63, 3.8) is 0 Å². The summed E-state index contributed by atoms with van der Waals surface area (Å²) < 4.78 is 15.5. The second kappa shape index (κ2) is 5.53. The van der Waals surface area contributed by atoms with Crippen LogP contribution in [0.4, 0.5) is 0 Å². The van der Waals surface area contributed by atoms with Gasteiger partial charge in [-0.05, 0) is 16.7 Å². The minimum absolute atomic E-state index is 0. The van der Waals surface area contributed by atoms with E-state index in [4.69, 9.17) is 4.52 Å². The Morgan fingerprint density at radius 2 is 1.91 bits per heavy atom. The van der Waals surface area contributed by atoms with Gasteiger partial charge in [-0.3, -0.25) is 4.52 Å². The third-order valence-corrected chi connectivity index (χ3v) is 1.45. The van der Waals surface area contributed by atoms with Crippen LogP contribution < -0.4 is 4.52 Å². The van der Waals surface area contributed by atoms with E-state index in [9.17, 15) is 4.57 Å². The second-order valence-electron chi connectivity index (χ2n) is 1.84. The Morgan fingerprint density at radius 3 is 2.36 bits per heavy atom. The zero-order valence-electron chi connectivity index (χ0n) is 8.36. The summed E-state index contributed by atoms with van der Waals surface area (Å²) in [5.41, 5.74) is 0. The van der Waals surface area contributed by atoms with Crippen molar-refractivity contribution in [1.29, 1.82) is 0 Å². The fourth-order valence-corrected chi connectivity index (χ4v) is 1.05. The summed E-state index contributed by atoms with van der Waals surface area (Å²) >= 11 is 0. The Labute approximate surface area is 85.9 Å². The van der Waals surface area contributed by atoms with E-state index in [1.54, 1.807) is 12.1 Å². The molecule has 0 amide bonds. The van der Waals surface area contributed by atoms with Gasteiger partial charge in [0.05, 0.1) is 0 Å². The first-order valence-corrected chi connectivity index (χ1v) is 4.55. The fraction of sp³-hybridized carbons (Fsp3) is 0.143. The van der Waals surface area contributed by atoms with E-state index < -0.39 is 8.03 Å². The van der Waals surface area contributed by atoms with Crippen LogP contribution in [0.15, 0.2) is 30.3 Å². The zero-order chi connectivity index (χ0) is 7.40. The molecule has 11 heavy (non-hydrogen) atoms. The number of rotatable bonds is 2. The van der Waals surface area contributed by atoms with Crippen LogP contribution in [0.3, 0.4) is 0 Å². The predicted octanol–water partition coefficient (Wildman–Crippen LogP) is 2.28. The van der Waals surface area contributed by atoms with Crippen molar-refractivity contribution in [2.45, 2.75) is 0 Å². The molecular weight excluding hydrogens is 171 g/mol. The summed E-state index contributed by atoms with van der Waals surface area (Å²) in [5, 5.41) is 0. The largest absolute Gasteiger partial charge is 2.00 e. The van der Waals surface area contributed by atoms with Crippen LogP contribution in [0.5, 0.6) is 5.75 Å². The van der Waals surface area contributed by atoms with E-state index in [2.05, 4.69) is 0 Å². The monoisotopic (exact) mass is 181 g/mol. The molecule has 1 unspecified atom stereocenters. The average Bonchev–Trinajstić information content (AvgIpc) is 1.88. The topological polar surface area (TPSA) is 26.3 Å². The molecule has 0 radical (unpaired) electrons. The van der Waals surface area contributed by atoms with Gasteiger partial charge in [-0.1, -0.05) is 18.2 Å². The van der Waals surface area contributed by atoms with Crippen LogP contribution in [0.1, 0.15) is 2.85 Å². The van der Waals surface area contributed by atoms with Gasteiger partial charge in [0.1, 0.15) is 0 Å². The SMILES string of the molecule is C[P+](=O)Oc1ccccc1.[H-].[H-].[Mg+2]. The standard InChI is InChI=1S/C7H8O2P.Mg.2H/c1-10(8)9-7-5-3-2-4-6-7;;;/h2-6H,1H3;;;/q+1;+2;2*-1. The molecule has 0 aliphatic heterocycles. The maximum absolute atomic E-state index is 10.5. The van der Waals surface area contributed by atoms with E-state index in [0.717, 1.165) is 0 Å². The van der Waals surface area contributed by atoms with E-state index >= 15 is 0 Å². The molecule has 1 atom stereocenters. The zero-order valence-corrected chi connectivity index (χ0v) is 8.67. The van der Waals surface area contributed by atoms with Crippen LogP contribution in [0, 0.1) is 0 Å². The summed E-state index contributed by atoms with van der Waals surface area (Å²) in [6, 6.07) is 9.12. The first-order valence-electron chi connectivity index (χ1n) is 2.93. The maximum Gasteiger partial charge on any atom is 2.00 e.